The van der Waals surface area contributed by atoms with Crippen molar-refractivity contribution in [1.29, 1.82) is 0 Å². The Balaban J connectivity index is 1.51. The van der Waals surface area contributed by atoms with Crippen molar-refractivity contribution in [3.8, 4) is 28.6 Å². The van der Waals surface area contributed by atoms with Gasteiger partial charge in [0.25, 0.3) is 5.56 Å². The maximum Gasteiger partial charge on any atom is 0.255 e. The zero-order valence-electron chi connectivity index (χ0n) is 17.8. The van der Waals surface area contributed by atoms with Crippen LogP contribution in [0.25, 0.3) is 11.4 Å². The van der Waals surface area contributed by atoms with Crippen molar-refractivity contribution in [3.05, 3.63) is 52.7 Å². The molecule has 2 aromatic heterocycles. The highest BCUT2D eigenvalue weighted by Gasteiger charge is 2.31. The second kappa shape index (κ2) is 8.12. The Morgan fingerprint density at radius 3 is 2.84 bits per heavy atom. The predicted molar refractivity (Wildman–Crippen MR) is 115 cm³/mol. The fourth-order valence-corrected chi connectivity index (χ4v) is 4.15. The Morgan fingerprint density at radius 1 is 1.19 bits per heavy atom. The molecule has 0 saturated carbocycles. The molecule has 0 aliphatic carbocycles. The largest absolute Gasteiger partial charge is 0.493 e. The van der Waals surface area contributed by atoms with Crippen molar-refractivity contribution < 1.29 is 19.3 Å². The zero-order valence-corrected chi connectivity index (χ0v) is 17.8. The number of benzene rings is 1. The molecular formula is C22H23N5O5. The van der Waals surface area contributed by atoms with E-state index in [1.54, 1.807) is 36.1 Å². The molecule has 32 heavy (non-hydrogen) atoms. The summed E-state index contributed by atoms with van der Waals surface area (Å²) in [6.45, 7) is 3.24. The maximum absolute atomic E-state index is 12.8. The molecule has 1 N–H and O–H groups in total. The van der Waals surface area contributed by atoms with Crippen molar-refractivity contribution in [2.75, 3.05) is 25.3 Å². The van der Waals surface area contributed by atoms with Crippen LogP contribution in [0, 0.1) is 0 Å². The first-order valence-corrected chi connectivity index (χ1v) is 10.4. The number of methoxy groups -OCH3 is 1. The van der Waals surface area contributed by atoms with Gasteiger partial charge in [0.2, 0.25) is 18.5 Å². The standard InChI is InChI=1S/C22H23N5O5/c1-13(20(29)14-8-17(30-2)21-18(9-14)31-12-32-21)26-6-3-7-27-19(28)10-16(25-22(26)27)15-4-5-23-11-24-15/h4-5,8-11,13,20,29H,3,6-7,12H2,1-2H3. The minimum Gasteiger partial charge on any atom is -0.493 e. The minimum atomic E-state index is -0.885. The molecule has 0 fully saturated rings. The van der Waals surface area contributed by atoms with Crippen molar-refractivity contribution >= 4 is 5.95 Å². The fraction of sp³-hybridized carbons (Fsp3) is 0.364. The van der Waals surface area contributed by atoms with Crippen LogP contribution in [0.3, 0.4) is 0 Å². The average molecular weight is 437 g/mol. The van der Waals surface area contributed by atoms with E-state index in [2.05, 4.69) is 9.97 Å². The fourth-order valence-electron chi connectivity index (χ4n) is 4.15. The van der Waals surface area contributed by atoms with Crippen LogP contribution in [-0.2, 0) is 6.54 Å². The van der Waals surface area contributed by atoms with Gasteiger partial charge in [-0.15, -0.1) is 0 Å². The van der Waals surface area contributed by atoms with E-state index in [0.29, 0.717) is 53.2 Å². The third-order valence-corrected chi connectivity index (χ3v) is 5.84. The number of aromatic nitrogens is 4. The predicted octanol–water partition coefficient (Wildman–Crippen LogP) is 1.77. The Hall–Kier alpha value is -3.66. The van der Waals surface area contributed by atoms with Gasteiger partial charge in [-0.1, -0.05) is 0 Å². The van der Waals surface area contributed by atoms with E-state index in [1.165, 1.54) is 12.4 Å². The smallest absolute Gasteiger partial charge is 0.255 e. The van der Waals surface area contributed by atoms with Crippen molar-refractivity contribution in [2.24, 2.45) is 0 Å². The summed E-state index contributed by atoms with van der Waals surface area (Å²) in [6.07, 6.45) is 2.91. The molecule has 0 saturated heterocycles. The number of aliphatic hydroxyl groups excluding tert-OH is 1. The summed E-state index contributed by atoms with van der Waals surface area (Å²) in [5.41, 5.74) is 1.52. The van der Waals surface area contributed by atoms with Crippen LogP contribution in [0.1, 0.15) is 25.0 Å². The summed E-state index contributed by atoms with van der Waals surface area (Å²) in [4.78, 5) is 27.6. The van der Waals surface area contributed by atoms with Crippen molar-refractivity contribution in [1.82, 2.24) is 19.5 Å². The van der Waals surface area contributed by atoms with E-state index in [1.807, 2.05) is 11.8 Å². The molecule has 4 heterocycles. The number of hydrogen-bond donors (Lipinski definition) is 1. The van der Waals surface area contributed by atoms with Crippen LogP contribution in [0.4, 0.5) is 5.95 Å². The molecule has 3 aromatic rings. The first-order valence-electron chi connectivity index (χ1n) is 10.4. The summed E-state index contributed by atoms with van der Waals surface area (Å²) in [6, 6.07) is 6.33. The molecule has 5 rings (SSSR count). The highest BCUT2D eigenvalue weighted by Crippen LogP contribution is 2.43. The van der Waals surface area contributed by atoms with Crippen LogP contribution in [0.2, 0.25) is 0 Å². The molecule has 0 amide bonds. The highest BCUT2D eigenvalue weighted by atomic mass is 16.7. The van der Waals surface area contributed by atoms with Gasteiger partial charge < -0.3 is 24.2 Å². The molecule has 10 heteroatoms. The monoisotopic (exact) mass is 437 g/mol. The third-order valence-electron chi connectivity index (χ3n) is 5.84. The van der Waals surface area contributed by atoms with Crippen LogP contribution < -0.4 is 24.7 Å². The topological polar surface area (TPSA) is 112 Å². The van der Waals surface area contributed by atoms with Gasteiger partial charge in [0, 0.05) is 25.4 Å². The summed E-state index contributed by atoms with van der Waals surface area (Å²) >= 11 is 0. The van der Waals surface area contributed by atoms with Gasteiger partial charge in [-0.25, -0.2) is 15.0 Å². The quantitative estimate of drug-likeness (QED) is 0.638. The molecule has 2 aliphatic heterocycles. The lowest BCUT2D eigenvalue weighted by molar-refractivity contribution is 0.145. The van der Waals surface area contributed by atoms with Gasteiger partial charge >= 0.3 is 0 Å². The third kappa shape index (κ3) is 3.42. The number of ether oxygens (including phenoxy) is 3. The number of hydrogen-bond acceptors (Lipinski definition) is 9. The first-order chi connectivity index (χ1) is 15.6. The molecule has 10 nitrogen and oxygen atoms in total. The lowest BCUT2D eigenvalue weighted by Crippen LogP contribution is -2.45. The summed E-state index contributed by atoms with van der Waals surface area (Å²) < 4.78 is 18.0. The Labute approximate surface area is 184 Å². The lowest BCUT2D eigenvalue weighted by Gasteiger charge is -2.37. The van der Waals surface area contributed by atoms with E-state index in [0.717, 1.165) is 6.42 Å². The second-order valence-corrected chi connectivity index (χ2v) is 7.72. The van der Waals surface area contributed by atoms with E-state index < -0.39 is 6.10 Å². The molecule has 0 bridgehead atoms. The Bertz CT molecular complexity index is 1200. The number of fused-ring (bicyclic) bond motifs is 2. The van der Waals surface area contributed by atoms with E-state index in [-0.39, 0.29) is 18.4 Å². The molecule has 2 aliphatic rings. The van der Waals surface area contributed by atoms with Crippen molar-refractivity contribution in [2.45, 2.75) is 32.0 Å². The molecule has 0 radical (unpaired) electrons. The van der Waals surface area contributed by atoms with E-state index in [9.17, 15) is 9.90 Å². The lowest BCUT2D eigenvalue weighted by atomic mass is 10.0. The van der Waals surface area contributed by atoms with Crippen LogP contribution in [0.5, 0.6) is 17.2 Å². The first kappa shape index (κ1) is 20.3. The van der Waals surface area contributed by atoms with E-state index >= 15 is 0 Å². The van der Waals surface area contributed by atoms with E-state index in [4.69, 9.17) is 19.2 Å². The number of aliphatic hydroxyl groups is 1. The van der Waals surface area contributed by atoms with Gasteiger partial charge in [-0.05, 0) is 37.1 Å². The second-order valence-electron chi connectivity index (χ2n) is 7.72. The van der Waals surface area contributed by atoms with Gasteiger partial charge in [0.15, 0.2) is 11.5 Å². The average Bonchev–Trinajstić information content (AvgIpc) is 3.31. The minimum absolute atomic E-state index is 0.110. The number of nitrogens with zero attached hydrogens (tertiary/aromatic N) is 5. The van der Waals surface area contributed by atoms with Gasteiger partial charge in [-0.2, -0.15) is 0 Å². The molecule has 2 atom stereocenters. The molecule has 166 valence electrons. The van der Waals surface area contributed by atoms with Crippen LogP contribution >= 0.6 is 0 Å². The van der Waals surface area contributed by atoms with Crippen LogP contribution in [0.15, 0.2) is 41.6 Å². The molecule has 0 spiro atoms. The van der Waals surface area contributed by atoms with Crippen LogP contribution in [-0.4, -0.2) is 51.1 Å². The molecular weight excluding hydrogens is 414 g/mol. The normalized spacial score (nSPS) is 16.4. The Kier molecular flexibility index (Phi) is 5.14. The van der Waals surface area contributed by atoms with Gasteiger partial charge in [0.05, 0.1) is 30.6 Å². The van der Waals surface area contributed by atoms with Gasteiger partial charge in [0.1, 0.15) is 6.33 Å². The zero-order chi connectivity index (χ0) is 22.2. The highest BCUT2D eigenvalue weighted by molar-refractivity contribution is 5.57. The number of anilines is 1. The summed E-state index contributed by atoms with van der Waals surface area (Å²) in [5.74, 6) is 2.07. The summed E-state index contributed by atoms with van der Waals surface area (Å²) in [7, 11) is 1.54. The molecule has 2 unspecified atom stereocenters. The molecule has 1 aromatic carbocycles. The SMILES string of the molecule is COc1cc(C(O)C(C)N2CCCn3c2nc(-c2ccncn2)cc3=O)cc2c1OCO2. The van der Waals surface area contributed by atoms with Gasteiger partial charge in [-0.3, -0.25) is 9.36 Å². The summed E-state index contributed by atoms with van der Waals surface area (Å²) in [5, 5.41) is 11.2. The number of rotatable bonds is 5. The maximum atomic E-state index is 12.8. The Morgan fingerprint density at radius 2 is 2.06 bits per heavy atom. The van der Waals surface area contributed by atoms with Crippen molar-refractivity contribution in [3.63, 3.8) is 0 Å².